The van der Waals surface area contributed by atoms with Gasteiger partial charge in [-0.25, -0.2) is 14.3 Å². The third-order valence-electron chi connectivity index (χ3n) is 3.37. The summed E-state index contributed by atoms with van der Waals surface area (Å²) in [5.74, 6) is -1.27. The number of oxime groups is 1. The first-order chi connectivity index (χ1) is 12.6. The molecule has 27 heavy (non-hydrogen) atoms. The summed E-state index contributed by atoms with van der Waals surface area (Å²) in [6.45, 7) is 1.40. The highest BCUT2D eigenvalue weighted by atomic mass is 79.9. The predicted molar refractivity (Wildman–Crippen MR) is 89.8 cm³/mol. The molecule has 0 radical (unpaired) electrons. The lowest BCUT2D eigenvalue weighted by Gasteiger charge is -2.09. The number of nitrogens with two attached hydrogens (primary N) is 1. The first-order valence-corrected chi connectivity index (χ1v) is 8.04. The summed E-state index contributed by atoms with van der Waals surface area (Å²) in [5.41, 5.74) is 4.62. The highest BCUT2D eigenvalue weighted by Gasteiger charge is 2.35. The van der Waals surface area contributed by atoms with E-state index in [1.165, 1.54) is 17.8 Å². The summed E-state index contributed by atoms with van der Waals surface area (Å²) in [5, 5.41) is 11.0. The third-order valence-corrected chi connectivity index (χ3v) is 3.95. The van der Waals surface area contributed by atoms with Crippen molar-refractivity contribution >= 4 is 33.4 Å². The number of hydrogen-bond acceptors (Lipinski definition) is 6. The Labute approximate surface area is 157 Å². The van der Waals surface area contributed by atoms with E-state index in [0.29, 0.717) is 8.99 Å². The van der Waals surface area contributed by atoms with Crippen molar-refractivity contribution < 1.29 is 22.8 Å². The van der Waals surface area contributed by atoms with Crippen molar-refractivity contribution in [3.63, 3.8) is 0 Å². The van der Waals surface area contributed by atoms with Crippen LogP contribution in [-0.4, -0.2) is 36.2 Å². The van der Waals surface area contributed by atoms with Crippen molar-refractivity contribution in [1.82, 2.24) is 24.4 Å². The normalized spacial score (nSPS) is 12.6. The molecular formula is C14H11BrF3N7O2. The smallest absolute Gasteiger partial charge is 0.380 e. The van der Waals surface area contributed by atoms with E-state index in [-0.39, 0.29) is 28.4 Å². The number of halogens is 4. The summed E-state index contributed by atoms with van der Waals surface area (Å²) in [6, 6.07) is 0.857. The Morgan fingerprint density at radius 1 is 1.41 bits per heavy atom. The van der Waals surface area contributed by atoms with Crippen LogP contribution in [0.5, 0.6) is 0 Å². The molecule has 0 aliphatic rings. The minimum Gasteiger partial charge on any atom is -0.380 e. The minimum absolute atomic E-state index is 0.0166. The molecule has 0 saturated carbocycles. The Hall–Kier alpha value is -2.96. The molecule has 0 unspecified atom stereocenters. The maximum Gasteiger partial charge on any atom is 0.433 e. The molecule has 0 spiro atoms. The van der Waals surface area contributed by atoms with Crippen molar-refractivity contribution in [2.45, 2.75) is 13.1 Å². The summed E-state index contributed by atoms with van der Waals surface area (Å²) in [6.07, 6.45) is -2.06. The van der Waals surface area contributed by atoms with Crippen LogP contribution in [0.25, 0.3) is 5.65 Å². The molecular weight excluding hydrogens is 435 g/mol. The largest absolute Gasteiger partial charge is 0.433 e. The second kappa shape index (κ2) is 6.64. The van der Waals surface area contributed by atoms with E-state index in [1.807, 2.05) is 0 Å². The molecule has 2 N–H and O–H groups in total. The fourth-order valence-electron chi connectivity index (χ4n) is 2.25. The molecule has 0 aliphatic carbocycles. The highest BCUT2D eigenvalue weighted by Crippen LogP contribution is 2.30. The highest BCUT2D eigenvalue weighted by molar-refractivity contribution is 9.10. The van der Waals surface area contributed by atoms with Crippen LogP contribution in [0, 0.1) is 6.92 Å². The topological polar surface area (TPSA) is 113 Å². The van der Waals surface area contributed by atoms with Gasteiger partial charge in [-0.2, -0.15) is 23.4 Å². The van der Waals surface area contributed by atoms with Gasteiger partial charge in [0.1, 0.15) is 5.69 Å². The molecule has 0 saturated heterocycles. The van der Waals surface area contributed by atoms with Gasteiger partial charge >= 0.3 is 12.1 Å². The molecule has 0 aromatic carbocycles. The zero-order valence-electron chi connectivity index (χ0n) is 13.8. The van der Waals surface area contributed by atoms with Crippen LogP contribution in [-0.2, 0) is 18.1 Å². The number of aromatic nitrogens is 5. The van der Waals surface area contributed by atoms with Gasteiger partial charge in [0.25, 0.3) is 0 Å². The lowest BCUT2D eigenvalue weighted by Crippen LogP contribution is -2.17. The quantitative estimate of drug-likeness (QED) is 0.285. The number of nitrogens with zero attached hydrogens (tertiary/aromatic N) is 6. The van der Waals surface area contributed by atoms with Crippen LogP contribution in [0.15, 0.2) is 28.1 Å². The van der Waals surface area contributed by atoms with Gasteiger partial charge in [-0.05, 0) is 28.9 Å². The molecule has 0 amide bonds. The van der Waals surface area contributed by atoms with E-state index >= 15 is 0 Å². The van der Waals surface area contributed by atoms with Crippen LogP contribution < -0.4 is 5.73 Å². The molecule has 13 heteroatoms. The Kier molecular flexibility index (Phi) is 4.63. The summed E-state index contributed by atoms with van der Waals surface area (Å²) >= 11 is 3.14. The van der Waals surface area contributed by atoms with Crippen LogP contribution >= 0.6 is 15.9 Å². The standard InChI is InChI=1S/C14H11BrF3N7O2/c1-6-3-9(14(16,17)18)25-12(21-6)7(4-20-25)11(19)23-27-13(26)10-8(15)5-24(2)22-10/h3-5H,1-2H3,(H2,19,23). The van der Waals surface area contributed by atoms with E-state index in [0.717, 1.165) is 12.3 Å². The Morgan fingerprint density at radius 3 is 2.70 bits per heavy atom. The van der Waals surface area contributed by atoms with E-state index < -0.39 is 17.8 Å². The summed E-state index contributed by atoms with van der Waals surface area (Å²) in [7, 11) is 1.60. The van der Waals surface area contributed by atoms with Gasteiger partial charge in [-0.15, -0.1) is 0 Å². The van der Waals surface area contributed by atoms with E-state index in [2.05, 4.69) is 36.3 Å². The van der Waals surface area contributed by atoms with Gasteiger partial charge < -0.3 is 10.6 Å². The lowest BCUT2D eigenvalue weighted by molar-refractivity contribution is -0.142. The molecule has 0 aliphatic heterocycles. The first kappa shape index (κ1) is 18.8. The van der Waals surface area contributed by atoms with Gasteiger partial charge in [0.2, 0.25) is 0 Å². The molecule has 9 nitrogen and oxygen atoms in total. The minimum atomic E-state index is -4.64. The molecule has 3 aromatic heterocycles. The van der Waals surface area contributed by atoms with Crippen LogP contribution in [0.2, 0.25) is 0 Å². The van der Waals surface area contributed by atoms with E-state index in [9.17, 15) is 18.0 Å². The molecule has 0 atom stereocenters. The first-order valence-electron chi connectivity index (χ1n) is 7.25. The molecule has 0 fully saturated rings. The number of carbonyl (C=O) groups is 1. The fraction of sp³-hybridized carbons (Fsp3) is 0.214. The predicted octanol–water partition coefficient (Wildman–Crippen LogP) is 2.03. The average molecular weight is 446 g/mol. The Morgan fingerprint density at radius 2 is 2.11 bits per heavy atom. The van der Waals surface area contributed by atoms with Crippen molar-refractivity contribution in [2.75, 3.05) is 0 Å². The summed E-state index contributed by atoms with van der Waals surface area (Å²) in [4.78, 5) is 20.7. The van der Waals surface area contributed by atoms with Gasteiger partial charge in [-0.1, -0.05) is 5.16 Å². The number of hydrogen-bond donors (Lipinski definition) is 1. The number of carbonyl (C=O) groups excluding carboxylic acids is 1. The zero-order valence-corrected chi connectivity index (χ0v) is 15.4. The number of aryl methyl sites for hydroxylation is 2. The van der Waals surface area contributed by atoms with Crippen LogP contribution in [0.3, 0.4) is 0 Å². The molecule has 3 heterocycles. The summed E-state index contributed by atoms with van der Waals surface area (Å²) < 4.78 is 41.8. The van der Waals surface area contributed by atoms with Gasteiger partial charge in [0, 0.05) is 18.9 Å². The second-order valence-corrected chi connectivity index (χ2v) is 6.28. The molecule has 3 rings (SSSR count). The maximum atomic E-state index is 13.2. The van der Waals surface area contributed by atoms with Crippen LogP contribution in [0.1, 0.15) is 27.4 Å². The second-order valence-electron chi connectivity index (χ2n) is 5.43. The Bertz CT molecular complexity index is 1070. The van der Waals surface area contributed by atoms with E-state index in [1.54, 1.807) is 7.05 Å². The monoisotopic (exact) mass is 445 g/mol. The average Bonchev–Trinajstić information content (AvgIpc) is 3.13. The zero-order chi connectivity index (χ0) is 19.9. The van der Waals surface area contributed by atoms with Gasteiger partial charge in [-0.3, -0.25) is 4.68 Å². The van der Waals surface area contributed by atoms with Gasteiger partial charge in [0.05, 0.1) is 16.2 Å². The van der Waals surface area contributed by atoms with Crippen molar-refractivity contribution in [3.05, 3.63) is 45.6 Å². The number of fused-ring (bicyclic) bond motifs is 1. The molecule has 3 aromatic rings. The number of rotatable bonds is 3. The van der Waals surface area contributed by atoms with Crippen molar-refractivity contribution in [1.29, 1.82) is 0 Å². The maximum absolute atomic E-state index is 13.2. The van der Waals surface area contributed by atoms with Gasteiger partial charge in [0.15, 0.2) is 17.2 Å². The molecule has 142 valence electrons. The number of alkyl halides is 3. The lowest BCUT2D eigenvalue weighted by atomic mass is 10.3. The number of amidine groups is 1. The van der Waals surface area contributed by atoms with Crippen molar-refractivity contribution in [2.24, 2.45) is 17.9 Å². The van der Waals surface area contributed by atoms with Crippen LogP contribution in [0.4, 0.5) is 13.2 Å². The SMILES string of the molecule is Cc1cc(C(F)(F)F)n2ncc(/C(N)=N/OC(=O)c3nn(C)cc3Br)c2n1. The van der Waals surface area contributed by atoms with E-state index in [4.69, 9.17) is 10.6 Å². The third kappa shape index (κ3) is 3.63. The fourth-order valence-corrected chi connectivity index (χ4v) is 2.79. The van der Waals surface area contributed by atoms with Crippen molar-refractivity contribution in [3.8, 4) is 0 Å². The molecule has 0 bridgehead atoms. The Balaban J connectivity index is 1.95.